The monoisotopic (exact) mass is 160 g/mol. The SMILES string of the molecule is CC1OC(C)C(O)C(C)C1O. The fourth-order valence-corrected chi connectivity index (χ4v) is 1.56. The summed E-state index contributed by atoms with van der Waals surface area (Å²) in [6.07, 6.45) is -1.41. The van der Waals surface area contributed by atoms with E-state index in [-0.39, 0.29) is 18.1 Å². The van der Waals surface area contributed by atoms with Crippen LogP contribution in [0, 0.1) is 5.92 Å². The molecule has 66 valence electrons. The van der Waals surface area contributed by atoms with E-state index in [1.165, 1.54) is 0 Å². The predicted octanol–water partition coefficient (Wildman–Crippen LogP) is 0.152. The van der Waals surface area contributed by atoms with Gasteiger partial charge in [-0.1, -0.05) is 6.92 Å². The van der Waals surface area contributed by atoms with Crippen molar-refractivity contribution in [3.8, 4) is 0 Å². The second-order valence-corrected chi connectivity index (χ2v) is 3.39. The van der Waals surface area contributed by atoms with Crippen molar-refractivity contribution in [2.45, 2.75) is 45.2 Å². The number of aliphatic hydroxyl groups excluding tert-OH is 2. The van der Waals surface area contributed by atoms with Crippen LogP contribution < -0.4 is 0 Å². The molecule has 1 heterocycles. The van der Waals surface area contributed by atoms with Crippen LogP contribution in [0.25, 0.3) is 0 Å². The van der Waals surface area contributed by atoms with Crippen molar-refractivity contribution < 1.29 is 14.9 Å². The van der Waals surface area contributed by atoms with E-state index in [0.717, 1.165) is 0 Å². The molecule has 0 aromatic rings. The molecule has 2 N–H and O–H groups in total. The van der Waals surface area contributed by atoms with E-state index in [4.69, 9.17) is 4.74 Å². The van der Waals surface area contributed by atoms with Crippen LogP contribution in [-0.4, -0.2) is 34.6 Å². The summed E-state index contributed by atoms with van der Waals surface area (Å²) in [5, 5.41) is 18.9. The lowest BCUT2D eigenvalue weighted by atomic mass is 9.89. The minimum atomic E-state index is -0.541. The Kier molecular flexibility index (Phi) is 2.52. The third-order valence-electron chi connectivity index (χ3n) is 2.47. The largest absolute Gasteiger partial charge is 0.390 e. The molecule has 0 aromatic carbocycles. The highest BCUT2D eigenvalue weighted by Gasteiger charge is 2.37. The highest BCUT2D eigenvalue weighted by Crippen LogP contribution is 2.24. The molecule has 4 atom stereocenters. The maximum absolute atomic E-state index is 9.45. The van der Waals surface area contributed by atoms with E-state index >= 15 is 0 Å². The van der Waals surface area contributed by atoms with Crippen molar-refractivity contribution in [2.75, 3.05) is 0 Å². The Morgan fingerprint density at radius 3 is 1.64 bits per heavy atom. The molecule has 0 amide bonds. The summed E-state index contributed by atoms with van der Waals surface area (Å²) in [7, 11) is 0. The maximum atomic E-state index is 9.45. The van der Waals surface area contributed by atoms with Gasteiger partial charge in [-0.05, 0) is 13.8 Å². The first-order valence-electron chi connectivity index (χ1n) is 4.05. The predicted molar refractivity (Wildman–Crippen MR) is 41.2 cm³/mol. The van der Waals surface area contributed by atoms with Crippen molar-refractivity contribution >= 4 is 0 Å². The number of ether oxygens (including phenoxy) is 1. The van der Waals surface area contributed by atoms with Gasteiger partial charge in [0.2, 0.25) is 0 Å². The van der Waals surface area contributed by atoms with Gasteiger partial charge in [-0.2, -0.15) is 0 Å². The first-order chi connectivity index (χ1) is 5.04. The van der Waals surface area contributed by atoms with E-state index in [2.05, 4.69) is 0 Å². The van der Waals surface area contributed by atoms with Gasteiger partial charge in [-0.15, -0.1) is 0 Å². The van der Waals surface area contributed by atoms with Crippen molar-refractivity contribution in [3.05, 3.63) is 0 Å². The summed E-state index contributed by atoms with van der Waals surface area (Å²) in [6.45, 7) is 5.48. The molecule has 1 aliphatic rings. The van der Waals surface area contributed by atoms with Crippen molar-refractivity contribution in [3.63, 3.8) is 0 Å². The lowest BCUT2D eigenvalue weighted by Gasteiger charge is -2.38. The van der Waals surface area contributed by atoms with Crippen LogP contribution in [0.3, 0.4) is 0 Å². The van der Waals surface area contributed by atoms with Crippen molar-refractivity contribution in [1.82, 2.24) is 0 Å². The molecule has 0 aliphatic carbocycles. The summed E-state index contributed by atoms with van der Waals surface area (Å²) in [6, 6.07) is 0. The van der Waals surface area contributed by atoms with E-state index in [1.54, 1.807) is 0 Å². The molecule has 3 heteroatoms. The van der Waals surface area contributed by atoms with Crippen LogP contribution in [-0.2, 0) is 4.74 Å². The number of rotatable bonds is 0. The highest BCUT2D eigenvalue weighted by molar-refractivity contribution is 4.85. The molecule has 3 nitrogen and oxygen atoms in total. The quantitative estimate of drug-likeness (QED) is 0.530. The zero-order valence-corrected chi connectivity index (χ0v) is 7.19. The molecular formula is C8H16O3. The third-order valence-corrected chi connectivity index (χ3v) is 2.47. The van der Waals surface area contributed by atoms with Gasteiger partial charge in [0.25, 0.3) is 0 Å². The molecule has 0 aromatic heterocycles. The molecular weight excluding hydrogens is 144 g/mol. The van der Waals surface area contributed by atoms with Gasteiger partial charge < -0.3 is 14.9 Å². The van der Waals surface area contributed by atoms with Crippen LogP contribution in [0.1, 0.15) is 20.8 Å². The highest BCUT2D eigenvalue weighted by atomic mass is 16.5. The molecule has 1 saturated heterocycles. The molecule has 0 bridgehead atoms. The summed E-state index contributed by atoms with van der Waals surface area (Å²) < 4.78 is 5.28. The van der Waals surface area contributed by atoms with E-state index < -0.39 is 12.2 Å². The fraction of sp³-hybridized carbons (Fsp3) is 1.00. The van der Waals surface area contributed by atoms with Gasteiger partial charge in [0, 0.05) is 5.92 Å². The Hall–Kier alpha value is -0.120. The summed E-state index contributed by atoms with van der Waals surface area (Å²) in [4.78, 5) is 0. The summed E-state index contributed by atoms with van der Waals surface area (Å²) in [5.41, 5.74) is 0. The second kappa shape index (κ2) is 3.09. The second-order valence-electron chi connectivity index (χ2n) is 3.39. The molecule has 0 radical (unpaired) electrons. The summed E-state index contributed by atoms with van der Waals surface area (Å²) >= 11 is 0. The molecule has 11 heavy (non-hydrogen) atoms. The Bertz CT molecular complexity index is 123. The van der Waals surface area contributed by atoms with Crippen LogP contribution >= 0.6 is 0 Å². The van der Waals surface area contributed by atoms with Crippen LogP contribution in [0.2, 0.25) is 0 Å². The first kappa shape index (κ1) is 8.97. The average Bonchev–Trinajstić information content (AvgIpc) is 1.97. The normalized spacial score (nSPS) is 52.6. The Morgan fingerprint density at radius 2 is 1.27 bits per heavy atom. The standard InChI is InChI=1S/C8H16O3/c1-4-7(9)5(2)11-6(3)8(4)10/h4-10H,1-3H3. The Balaban J connectivity index is 2.63. The lowest BCUT2D eigenvalue weighted by Crippen LogP contribution is -2.50. The van der Waals surface area contributed by atoms with Gasteiger partial charge in [-0.25, -0.2) is 0 Å². The van der Waals surface area contributed by atoms with E-state index in [9.17, 15) is 10.2 Å². The minimum Gasteiger partial charge on any atom is -0.390 e. The topological polar surface area (TPSA) is 49.7 Å². The smallest absolute Gasteiger partial charge is 0.0850 e. The molecule has 1 aliphatic heterocycles. The molecule has 0 saturated carbocycles. The van der Waals surface area contributed by atoms with E-state index in [0.29, 0.717) is 0 Å². The van der Waals surface area contributed by atoms with Crippen molar-refractivity contribution in [2.24, 2.45) is 5.92 Å². The van der Waals surface area contributed by atoms with Gasteiger partial charge in [0.1, 0.15) is 0 Å². The average molecular weight is 160 g/mol. The van der Waals surface area contributed by atoms with Gasteiger partial charge >= 0.3 is 0 Å². The molecule has 1 fully saturated rings. The van der Waals surface area contributed by atoms with Crippen LogP contribution in [0.4, 0.5) is 0 Å². The Labute approximate surface area is 67.0 Å². The minimum absolute atomic E-state index is 0.0891. The maximum Gasteiger partial charge on any atom is 0.0850 e. The zero-order valence-electron chi connectivity index (χ0n) is 7.19. The molecule has 0 spiro atoms. The van der Waals surface area contributed by atoms with Crippen molar-refractivity contribution in [1.29, 1.82) is 0 Å². The molecule has 1 rings (SSSR count). The fourth-order valence-electron chi connectivity index (χ4n) is 1.56. The van der Waals surface area contributed by atoms with Crippen LogP contribution in [0.5, 0.6) is 0 Å². The number of aliphatic hydroxyl groups is 2. The van der Waals surface area contributed by atoms with Gasteiger partial charge in [0.05, 0.1) is 24.4 Å². The van der Waals surface area contributed by atoms with Crippen LogP contribution in [0.15, 0.2) is 0 Å². The van der Waals surface area contributed by atoms with Gasteiger partial charge in [-0.3, -0.25) is 0 Å². The number of hydrogen-bond donors (Lipinski definition) is 2. The Morgan fingerprint density at radius 1 is 0.909 bits per heavy atom. The third kappa shape index (κ3) is 1.55. The molecule has 4 unspecified atom stereocenters. The summed E-state index contributed by atoms with van der Waals surface area (Å²) in [5.74, 6) is -0.0891. The zero-order chi connectivity index (χ0) is 8.59. The van der Waals surface area contributed by atoms with Gasteiger partial charge in [0.15, 0.2) is 0 Å². The number of hydrogen-bond acceptors (Lipinski definition) is 3. The lowest BCUT2D eigenvalue weighted by molar-refractivity contribution is -0.183. The first-order valence-corrected chi connectivity index (χ1v) is 4.05. The van der Waals surface area contributed by atoms with E-state index in [1.807, 2.05) is 20.8 Å².